The van der Waals surface area contributed by atoms with Gasteiger partial charge < -0.3 is 9.47 Å². The zero-order chi connectivity index (χ0) is 23.1. The van der Waals surface area contributed by atoms with Crippen molar-refractivity contribution in [2.24, 2.45) is 0 Å². The fourth-order valence-corrected chi connectivity index (χ4v) is 3.65. The number of hydrogen-bond acceptors (Lipinski definition) is 6. The Balaban J connectivity index is 1.43. The number of nitrogens with one attached hydrogen (secondary N) is 2. The number of ether oxygens (including phenoxy) is 2. The van der Waals surface area contributed by atoms with Crippen molar-refractivity contribution in [3.63, 3.8) is 0 Å². The van der Waals surface area contributed by atoms with E-state index in [0.717, 1.165) is 0 Å². The highest BCUT2D eigenvalue weighted by atomic mass is 35.5. The van der Waals surface area contributed by atoms with Crippen LogP contribution >= 0.6 is 11.6 Å². The Morgan fingerprint density at radius 3 is 2.34 bits per heavy atom. The lowest BCUT2D eigenvalue weighted by Crippen LogP contribution is -2.51. The van der Waals surface area contributed by atoms with E-state index < -0.39 is 5.91 Å². The first-order valence-electron chi connectivity index (χ1n) is 10.1. The number of methoxy groups -OCH3 is 2. The lowest BCUT2D eigenvalue weighted by atomic mass is 10.2. The Kier molecular flexibility index (Phi) is 8.26. The molecule has 0 radical (unpaired) electrons. The second-order valence-electron chi connectivity index (χ2n) is 7.32. The molecule has 1 aliphatic heterocycles. The third kappa shape index (κ3) is 6.09. The molecule has 8 nitrogen and oxygen atoms in total. The van der Waals surface area contributed by atoms with E-state index in [0.29, 0.717) is 60.4 Å². The molecular weight excluding hydrogens is 439 g/mol. The van der Waals surface area contributed by atoms with Gasteiger partial charge in [0.1, 0.15) is 5.82 Å². The Morgan fingerprint density at radius 1 is 1.00 bits per heavy atom. The topological polar surface area (TPSA) is 83.1 Å². The molecule has 1 saturated heterocycles. The van der Waals surface area contributed by atoms with Gasteiger partial charge in [0.25, 0.3) is 11.8 Å². The summed E-state index contributed by atoms with van der Waals surface area (Å²) >= 11 is 6.11. The van der Waals surface area contributed by atoms with Crippen molar-refractivity contribution in [3.05, 3.63) is 58.4 Å². The molecule has 1 heterocycles. The molecule has 2 amide bonds. The van der Waals surface area contributed by atoms with Gasteiger partial charge in [-0.25, -0.2) is 4.39 Å². The average molecular weight is 465 g/mol. The molecule has 0 saturated carbocycles. The highest BCUT2D eigenvalue weighted by molar-refractivity contribution is 6.31. The number of benzene rings is 2. The molecule has 0 atom stereocenters. The number of carbonyl (C=O) groups is 2. The molecule has 0 aliphatic carbocycles. The van der Waals surface area contributed by atoms with Crippen molar-refractivity contribution in [2.45, 2.75) is 6.54 Å². The van der Waals surface area contributed by atoms with Gasteiger partial charge in [0.05, 0.1) is 20.8 Å². The van der Waals surface area contributed by atoms with E-state index in [-0.39, 0.29) is 18.3 Å². The fourth-order valence-electron chi connectivity index (χ4n) is 3.43. The molecule has 1 aliphatic rings. The highest BCUT2D eigenvalue weighted by Gasteiger charge is 2.21. The fraction of sp³-hybridized carbons (Fsp3) is 0.364. The third-order valence-corrected chi connectivity index (χ3v) is 5.59. The van der Waals surface area contributed by atoms with Crippen LogP contribution in [-0.4, -0.2) is 68.6 Å². The average Bonchev–Trinajstić information content (AvgIpc) is 2.80. The highest BCUT2D eigenvalue weighted by Crippen LogP contribution is 2.27. The van der Waals surface area contributed by atoms with E-state index in [2.05, 4.69) is 15.8 Å². The molecule has 2 N–H and O–H groups in total. The lowest BCUT2D eigenvalue weighted by Gasteiger charge is -2.34. The molecular formula is C22H26ClFN4O4. The van der Waals surface area contributed by atoms with Gasteiger partial charge in [-0.2, -0.15) is 0 Å². The van der Waals surface area contributed by atoms with Crippen LogP contribution in [0.3, 0.4) is 0 Å². The molecule has 172 valence electrons. The zero-order valence-corrected chi connectivity index (χ0v) is 18.7. The molecule has 0 bridgehead atoms. The second-order valence-corrected chi connectivity index (χ2v) is 7.73. The minimum absolute atomic E-state index is 0.139. The van der Waals surface area contributed by atoms with Gasteiger partial charge in [-0.3, -0.25) is 30.2 Å². The lowest BCUT2D eigenvalue weighted by molar-refractivity contribution is -0.123. The number of halogens is 2. The standard InChI is InChI=1S/C22H26ClFN4O4/c1-31-19-7-6-15(12-20(19)32-2)22(30)26-25-21(29)14-28-10-8-27(9-11-28)13-16-17(23)4-3-5-18(16)24/h3-7,12H,8-11,13-14H2,1-2H3,(H,25,29)(H,26,30). The predicted octanol–water partition coefficient (Wildman–Crippen LogP) is 2.08. The molecule has 1 fully saturated rings. The van der Waals surface area contributed by atoms with Gasteiger partial charge in [-0.1, -0.05) is 17.7 Å². The monoisotopic (exact) mass is 464 g/mol. The van der Waals surface area contributed by atoms with Crippen molar-refractivity contribution in [1.29, 1.82) is 0 Å². The number of rotatable bonds is 7. The first-order chi connectivity index (χ1) is 15.4. The van der Waals surface area contributed by atoms with Gasteiger partial charge in [0.15, 0.2) is 11.5 Å². The number of nitrogens with zero attached hydrogens (tertiary/aromatic N) is 2. The van der Waals surface area contributed by atoms with Gasteiger partial charge in [0, 0.05) is 48.9 Å². The SMILES string of the molecule is COc1ccc(C(=O)NNC(=O)CN2CCN(Cc3c(F)cccc3Cl)CC2)cc1OC. The largest absolute Gasteiger partial charge is 0.493 e. The van der Waals surface area contributed by atoms with E-state index in [1.807, 2.05) is 4.90 Å². The number of amides is 2. The van der Waals surface area contributed by atoms with Crippen molar-refractivity contribution in [3.8, 4) is 11.5 Å². The number of carbonyl (C=O) groups excluding carboxylic acids is 2. The van der Waals surface area contributed by atoms with Crippen LogP contribution < -0.4 is 20.3 Å². The summed E-state index contributed by atoms with van der Waals surface area (Å²) in [6.45, 7) is 3.20. The molecule has 0 aromatic heterocycles. The maximum atomic E-state index is 14.0. The van der Waals surface area contributed by atoms with Crippen molar-refractivity contribution in [2.75, 3.05) is 46.9 Å². The summed E-state index contributed by atoms with van der Waals surface area (Å²) in [6, 6.07) is 9.38. The van der Waals surface area contributed by atoms with E-state index >= 15 is 0 Å². The first kappa shape index (κ1) is 23.8. The molecule has 32 heavy (non-hydrogen) atoms. The maximum Gasteiger partial charge on any atom is 0.269 e. The Morgan fingerprint density at radius 2 is 1.69 bits per heavy atom. The molecule has 3 rings (SSSR count). The maximum absolute atomic E-state index is 14.0. The van der Waals surface area contributed by atoms with Gasteiger partial charge in [0.2, 0.25) is 0 Å². The summed E-state index contributed by atoms with van der Waals surface area (Å²) in [5.74, 6) is -0.189. The van der Waals surface area contributed by atoms with Crippen LogP contribution in [0, 0.1) is 5.82 Å². The van der Waals surface area contributed by atoms with Crippen LogP contribution in [0.1, 0.15) is 15.9 Å². The summed E-state index contributed by atoms with van der Waals surface area (Å²) in [4.78, 5) is 28.6. The van der Waals surface area contributed by atoms with Crippen LogP contribution in [0.25, 0.3) is 0 Å². The second kappa shape index (κ2) is 11.1. The summed E-state index contributed by atoms with van der Waals surface area (Å²) in [7, 11) is 2.98. The molecule has 0 unspecified atom stereocenters. The quantitative estimate of drug-likeness (QED) is 0.610. The van der Waals surface area contributed by atoms with Gasteiger partial charge >= 0.3 is 0 Å². The summed E-state index contributed by atoms with van der Waals surface area (Å²) in [6.07, 6.45) is 0. The Bertz CT molecular complexity index is 947. The van der Waals surface area contributed by atoms with E-state index in [9.17, 15) is 14.0 Å². The molecule has 0 spiro atoms. The predicted molar refractivity (Wildman–Crippen MR) is 118 cm³/mol. The molecule has 2 aromatic rings. The minimum atomic E-state index is -0.467. The zero-order valence-electron chi connectivity index (χ0n) is 18.0. The summed E-state index contributed by atoms with van der Waals surface area (Å²) < 4.78 is 24.3. The van der Waals surface area contributed by atoms with Gasteiger partial charge in [-0.05, 0) is 30.3 Å². The summed E-state index contributed by atoms with van der Waals surface area (Å²) in [5, 5.41) is 0.414. The van der Waals surface area contributed by atoms with E-state index in [1.165, 1.54) is 26.4 Å². The van der Waals surface area contributed by atoms with Crippen LogP contribution in [0.4, 0.5) is 4.39 Å². The van der Waals surface area contributed by atoms with Crippen LogP contribution in [0.15, 0.2) is 36.4 Å². The normalized spacial score (nSPS) is 14.6. The van der Waals surface area contributed by atoms with Crippen LogP contribution in [0.2, 0.25) is 5.02 Å². The molecule has 2 aromatic carbocycles. The third-order valence-electron chi connectivity index (χ3n) is 5.24. The smallest absolute Gasteiger partial charge is 0.269 e. The number of hydrogen-bond donors (Lipinski definition) is 2. The van der Waals surface area contributed by atoms with Crippen molar-refractivity contribution < 1.29 is 23.5 Å². The first-order valence-corrected chi connectivity index (χ1v) is 10.5. The Hall–Kier alpha value is -2.88. The van der Waals surface area contributed by atoms with E-state index in [4.69, 9.17) is 21.1 Å². The van der Waals surface area contributed by atoms with Crippen LogP contribution in [-0.2, 0) is 11.3 Å². The minimum Gasteiger partial charge on any atom is -0.493 e. The number of piperazine rings is 1. The summed E-state index contributed by atoms with van der Waals surface area (Å²) in [5.41, 5.74) is 5.64. The molecule has 10 heteroatoms. The van der Waals surface area contributed by atoms with Crippen molar-refractivity contribution in [1.82, 2.24) is 20.7 Å². The van der Waals surface area contributed by atoms with Crippen molar-refractivity contribution >= 4 is 23.4 Å². The van der Waals surface area contributed by atoms with E-state index in [1.54, 1.807) is 24.3 Å². The van der Waals surface area contributed by atoms with Gasteiger partial charge in [-0.15, -0.1) is 0 Å². The number of hydrazine groups is 1. The Labute approximate surface area is 191 Å². The van der Waals surface area contributed by atoms with Crippen LogP contribution in [0.5, 0.6) is 11.5 Å².